The summed E-state index contributed by atoms with van der Waals surface area (Å²) in [4.78, 5) is 11.0. The minimum atomic E-state index is -0.368. The van der Waals surface area contributed by atoms with Crippen LogP contribution in [0.1, 0.15) is 18.9 Å². The maximum Gasteiger partial charge on any atom is 0.234 e. The standard InChI is InChI=1S/C13H18N2O3/c1-9(13(14)16)15-8-10-4-2-5-11-12(10)18-7-3-6-17-11/h2,4-5,9,15H,3,6-8H2,1H3,(H2,14,16). The van der Waals surface area contributed by atoms with Gasteiger partial charge in [0.25, 0.3) is 0 Å². The molecule has 3 N–H and O–H groups in total. The lowest BCUT2D eigenvalue weighted by molar-refractivity contribution is -0.119. The molecule has 5 heteroatoms. The molecule has 1 aromatic carbocycles. The Morgan fingerprint density at radius 2 is 2.22 bits per heavy atom. The fourth-order valence-corrected chi connectivity index (χ4v) is 1.76. The Balaban J connectivity index is 2.11. The second-order valence-corrected chi connectivity index (χ2v) is 4.30. The van der Waals surface area contributed by atoms with Gasteiger partial charge in [0.1, 0.15) is 0 Å². The highest BCUT2D eigenvalue weighted by Crippen LogP contribution is 2.33. The van der Waals surface area contributed by atoms with Gasteiger partial charge in [-0.2, -0.15) is 0 Å². The molecule has 0 aromatic heterocycles. The van der Waals surface area contributed by atoms with Crippen molar-refractivity contribution in [2.45, 2.75) is 25.9 Å². The number of para-hydroxylation sites is 1. The molecule has 0 fully saturated rings. The summed E-state index contributed by atoms with van der Waals surface area (Å²) in [6, 6.07) is 5.39. The van der Waals surface area contributed by atoms with Gasteiger partial charge in [0, 0.05) is 18.5 Å². The fraction of sp³-hybridized carbons (Fsp3) is 0.462. The summed E-state index contributed by atoms with van der Waals surface area (Å²) < 4.78 is 11.3. The van der Waals surface area contributed by atoms with E-state index in [1.54, 1.807) is 6.92 Å². The van der Waals surface area contributed by atoms with Gasteiger partial charge >= 0.3 is 0 Å². The minimum Gasteiger partial charge on any atom is -0.490 e. The zero-order valence-electron chi connectivity index (χ0n) is 10.4. The van der Waals surface area contributed by atoms with E-state index in [1.165, 1.54) is 0 Å². The topological polar surface area (TPSA) is 73.6 Å². The van der Waals surface area contributed by atoms with Crippen molar-refractivity contribution in [1.29, 1.82) is 0 Å². The van der Waals surface area contributed by atoms with Crippen molar-refractivity contribution in [2.24, 2.45) is 5.73 Å². The largest absolute Gasteiger partial charge is 0.490 e. The van der Waals surface area contributed by atoms with E-state index in [1.807, 2.05) is 18.2 Å². The molecule has 2 rings (SSSR count). The van der Waals surface area contributed by atoms with Crippen LogP contribution in [-0.4, -0.2) is 25.2 Å². The van der Waals surface area contributed by atoms with Crippen molar-refractivity contribution < 1.29 is 14.3 Å². The third kappa shape index (κ3) is 2.92. The highest BCUT2D eigenvalue weighted by Gasteiger charge is 2.15. The SMILES string of the molecule is CC(NCc1cccc2c1OCCCO2)C(N)=O. The number of fused-ring (bicyclic) bond motifs is 1. The van der Waals surface area contributed by atoms with Crippen molar-refractivity contribution in [3.63, 3.8) is 0 Å². The monoisotopic (exact) mass is 250 g/mol. The molecule has 0 radical (unpaired) electrons. The zero-order valence-corrected chi connectivity index (χ0v) is 10.4. The molecule has 5 nitrogen and oxygen atoms in total. The highest BCUT2D eigenvalue weighted by atomic mass is 16.5. The maximum absolute atomic E-state index is 11.0. The molecule has 0 bridgehead atoms. The van der Waals surface area contributed by atoms with Crippen molar-refractivity contribution in [3.05, 3.63) is 23.8 Å². The van der Waals surface area contributed by atoms with E-state index >= 15 is 0 Å². The number of primary amides is 1. The Labute approximate surface area is 106 Å². The van der Waals surface area contributed by atoms with Crippen LogP contribution in [0.2, 0.25) is 0 Å². The Kier molecular flexibility index (Phi) is 4.04. The normalized spacial score (nSPS) is 15.8. The molecule has 0 saturated heterocycles. The summed E-state index contributed by atoms with van der Waals surface area (Å²) in [6.07, 6.45) is 0.874. The molecule has 1 aromatic rings. The van der Waals surface area contributed by atoms with E-state index in [2.05, 4.69) is 5.32 Å². The van der Waals surface area contributed by atoms with E-state index in [-0.39, 0.29) is 11.9 Å². The van der Waals surface area contributed by atoms with E-state index in [0.717, 1.165) is 23.5 Å². The second-order valence-electron chi connectivity index (χ2n) is 4.30. The lowest BCUT2D eigenvalue weighted by atomic mass is 10.1. The third-order valence-electron chi connectivity index (χ3n) is 2.88. The van der Waals surface area contributed by atoms with Crippen molar-refractivity contribution in [1.82, 2.24) is 5.32 Å². The van der Waals surface area contributed by atoms with Crippen molar-refractivity contribution >= 4 is 5.91 Å². The smallest absolute Gasteiger partial charge is 0.234 e. The molecule has 0 saturated carbocycles. The summed E-state index contributed by atoms with van der Waals surface area (Å²) in [6.45, 7) is 3.58. The summed E-state index contributed by atoms with van der Waals surface area (Å²) in [5.41, 5.74) is 6.18. The molecular weight excluding hydrogens is 232 g/mol. The van der Waals surface area contributed by atoms with Gasteiger partial charge in [-0.3, -0.25) is 4.79 Å². The van der Waals surface area contributed by atoms with Crippen molar-refractivity contribution in [2.75, 3.05) is 13.2 Å². The predicted molar refractivity (Wildman–Crippen MR) is 67.5 cm³/mol. The molecule has 1 unspecified atom stereocenters. The number of hydrogen-bond donors (Lipinski definition) is 2. The number of benzene rings is 1. The number of carbonyl (C=O) groups is 1. The van der Waals surface area contributed by atoms with Crippen LogP contribution in [0.5, 0.6) is 11.5 Å². The maximum atomic E-state index is 11.0. The Morgan fingerprint density at radius 1 is 1.44 bits per heavy atom. The van der Waals surface area contributed by atoms with Crippen LogP contribution in [0.25, 0.3) is 0 Å². The summed E-state index contributed by atoms with van der Waals surface area (Å²) in [5, 5.41) is 3.06. The summed E-state index contributed by atoms with van der Waals surface area (Å²) >= 11 is 0. The predicted octanol–water partition coefficient (Wildman–Crippen LogP) is 0.811. The number of amides is 1. The summed E-state index contributed by atoms with van der Waals surface area (Å²) in [5.74, 6) is 1.16. The van der Waals surface area contributed by atoms with E-state index in [4.69, 9.17) is 15.2 Å². The molecule has 18 heavy (non-hydrogen) atoms. The Morgan fingerprint density at radius 3 is 3.00 bits per heavy atom. The summed E-state index contributed by atoms with van der Waals surface area (Å²) in [7, 11) is 0. The van der Waals surface area contributed by atoms with Crippen LogP contribution in [0, 0.1) is 0 Å². The molecule has 1 aliphatic rings. The minimum absolute atomic E-state index is 0.366. The zero-order chi connectivity index (χ0) is 13.0. The van der Waals surface area contributed by atoms with Crippen molar-refractivity contribution in [3.8, 4) is 11.5 Å². The van der Waals surface area contributed by atoms with E-state index in [0.29, 0.717) is 19.8 Å². The van der Waals surface area contributed by atoms with Gasteiger partial charge in [-0.15, -0.1) is 0 Å². The molecule has 1 amide bonds. The van der Waals surface area contributed by atoms with Gasteiger partial charge in [0.05, 0.1) is 19.3 Å². The van der Waals surface area contributed by atoms with E-state index in [9.17, 15) is 4.79 Å². The lowest BCUT2D eigenvalue weighted by Gasteiger charge is -2.14. The van der Waals surface area contributed by atoms with Gasteiger partial charge in [0.2, 0.25) is 5.91 Å². The number of hydrogen-bond acceptors (Lipinski definition) is 4. The number of rotatable bonds is 4. The van der Waals surface area contributed by atoms with Gasteiger partial charge in [-0.25, -0.2) is 0 Å². The first-order valence-electron chi connectivity index (χ1n) is 6.08. The molecular formula is C13H18N2O3. The second kappa shape index (κ2) is 5.73. The van der Waals surface area contributed by atoms with Crippen LogP contribution in [-0.2, 0) is 11.3 Å². The van der Waals surface area contributed by atoms with Gasteiger partial charge in [-0.1, -0.05) is 12.1 Å². The Hall–Kier alpha value is -1.75. The molecule has 0 spiro atoms. The first-order chi connectivity index (χ1) is 8.68. The van der Waals surface area contributed by atoms with Crippen LogP contribution in [0.3, 0.4) is 0 Å². The average Bonchev–Trinajstić information content (AvgIpc) is 2.61. The quantitative estimate of drug-likeness (QED) is 0.829. The average molecular weight is 250 g/mol. The third-order valence-corrected chi connectivity index (χ3v) is 2.88. The van der Waals surface area contributed by atoms with Crippen LogP contribution < -0.4 is 20.5 Å². The van der Waals surface area contributed by atoms with E-state index < -0.39 is 0 Å². The number of nitrogens with two attached hydrogens (primary N) is 1. The lowest BCUT2D eigenvalue weighted by Crippen LogP contribution is -2.38. The Bertz CT molecular complexity index is 434. The highest BCUT2D eigenvalue weighted by molar-refractivity contribution is 5.79. The van der Waals surface area contributed by atoms with Crippen LogP contribution in [0.15, 0.2) is 18.2 Å². The van der Waals surface area contributed by atoms with Crippen LogP contribution in [0.4, 0.5) is 0 Å². The molecule has 1 atom stereocenters. The van der Waals surface area contributed by atoms with Gasteiger partial charge in [-0.05, 0) is 13.0 Å². The number of nitrogens with one attached hydrogen (secondary N) is 1. The van der Waals surface area contributed by atoms with Crippen LogP contribution >= 0.6 is 0 Å². The number of ether oxygens (including phenoxy) is 2. The molecule has 1 aliphatic heterocycles. The van der Waals surface area contributed by atoms with Gasteiger partial charge in [0.15, 0.2) is 11.5 Å². The first kappa shape index (κ1) is 12.7. The first-order valence-corrected chi connectivity index (χ1v) is 6.08. The number of carbonyl (C=O) groups excluding carboxylic acids is 1. The molecule has 1 heterocycles. The fourth-order valence-electron chi connectivity index (χ4n) is 1.76. The molecule has 98 valence electrons. The molecule has 0 aliphatic carbocycles. The van der Waals surface area contributed by atoms with Gasteiger partial charge < -0.3 is 20.5 Å².